The Morgan fingerprint density at radius 1 is 1.23 bits per heavy atom. The second kappa shape index (κ2) is 8.23. The van der Waals surface area contributed by atoms with Crippen LogP contribution in [0.3, 0.4) is 0 Å². The SMILES string of the molecule is CCOC(=O)Cn1cc(C=Nn2c(C)nc3ccc(Br)cc3c2=O)c2ccccc21. The van der Waals surface area contributed by atoms with E-state index in [4.69, 9.17) is 4.74 Å². The minimum atomic E-state index is -0.307. The van der Waals surface area contributed by atoms with Gasteiger partial charge >= 0.3 is 5.97 Å². The zero-order valence-electron chi connectivity index (χ0n) is 16.5. The van der Waals surface area contributed by atoms with Crippen molar-refractivity contribution < 1.29 is 9.53 Å². The molecule has 152 valence electrons. The van der Waals surface area contributed by atoms with Gasteiger partial charge in [-0.05, 0) is 38.1 Å². The van der Waals surface area contributed by atoms with Crippen molar-refractivity contribution >= 4 is 49.9 Å². The zero-order chi connectivity index (χ0) is 21.3. The van der Waals surface area contributed by atoms with E-state index in [2.05, 4.69) is 26.0 Å². The normalized spacial score (nSPS) is 11.6. The summed E-state index contributed by atoms with van der Waals surface area (Å²) in [6.07, 6.45) is 3.44. The first-order valence-corrected chi connectivity index (χ1v) is 10.2. The standard InChI is InChI=1S/C22H19BrN4O3/c1-3-30-21(28)13-26-12-15(17-6-4-5-7-20(17)26)11-24-27-14(2)25-19-9-8-16(23)10-18(19)22(27)29/h4-12H,3,13H2,1-2H3. The molecule has 2 aromatic heterocycles. The second-order valence-corrected chi connectivity index (χ2v) is 7.63. The van der Waals surface area contributed by atoms with Crippen LogP contribution in [-0.2, 0) is 16.1 Å². The largest absolute Gasteiger partial charge is 0.465 e. The zero-order valence-corrected chi connectivity index (χ0v) is 18.1. The van der Waals surface area contributed by atoms with Crippen LogP contribution < -0.4 is 5.56 Å². The van der Waals surface area contributed by atoms with Gasteiger partial charge in [-0.1, -0.05) is 34.1 Å². The van der Waals surface area contributed by atoms with Gasteiger partial charge in [0.25, 0.3) is 5.56 Å². The van der Waals surface area contributed by atoms with E-state index < -0.39 is 0 Å². The number of carbonyl (C=O) groups is 1. The second-order valence-electron chi connectivity index (χ2n) is 6.72. The van der Waals surface area contributed by atoms with Gasteiger partial charge in [-0.15, -0.1) is 0 Å². The van der Waals surface area contributed by atoms with Crippen LogP contribution in [0.5, 0.6) is 0 Å². The molecule has 0 N–H and O–H groups in total. The lowest BCUT2D eigenvalue weighted by atomic mass is 10.2. The van der Waals surface area contributed by atoms with Gasteiger partial charge in [-0.25, -0.2) is 4.98 Å². The Labute approximate surface area is 180 Å². The molecule has 7 nitrogen and oxygen atoms in total. The molecule has 0 aliphatic rings. The Bertz CT molecular complexity index is 1350. The third-order valence-corrected chi connectivity index (χ3v) is 5.20. The fourth-order valence-electron chi connectivity index (χ4n) is 3.37. The van der Waals surface area contributed by atoms with Gasteiger partial charge in [0.15, 0.2) is 0 Å². The van der Waals surface area contributed by atoms with Gasteiger partial charge < -0.3 is 9.30 Å². The molecule has 0 atom stereocenters. The van der Waals surface area contributed by atoms with Crippen LogP contribution in [0, 0.1) is 6.92 Å². The third-order valence-electron chi connectivity index (χ3n) is 4.71. The molecule has 0 radical (unpaired) electrons. The molecule has 30 heavy (non-hydrogen) atoms. The molecule has 0 saturated heterocycles. The lowest BCUT2D eigenvalue weighted by Crippen LogP contribution is -2.20. The monoisotopic (exact) mass is 466 g/mol. The van der Waals surface area contributed by atoms with Crippen molar-refractivity contribution in [3.63, 3.8) is 0 Å². The summed E-state index contributed by atoms with van der Waals surface area (Å²) in [4.78, 5) is 29.4. The van der Waals surface area contributed by atoms with Crippen LogP contribution in [0.2, 0.25) is 0 Å². The fraction of sp³-hybridized carbons (Fsp3) is 0.182. The van der Waals surface area contributed by atoms with Crippen LogP contribution in [0.25, 0.3) is 21.8 Å². The summed E-state index contributed by atoms with van der Waals surface area (Å²) < 4.78 is 8.97. The van der Waals surface area contributed by atoms with Gasteiger partial charge in [-0.3, -0.25) is 9.59 Å². The highest BCUT2D eigenvalue weighted by Crippen LogP contribution is 2.20. The van der Waals surface area contributed by atoms with Crippen molar-refractivity contribution in [3.8, 4) is 0 Å². The first-order valence-electron chi connectivity index (χ1n) is 9.44. The number of rotatable bonds is 5. The van der Waals surface area contributed by atoms with Crippen LogP contribution in [0.1, 0.15) is 18.3 Å². The maximum absolute atomic E-state index is 12.9. The predicted molar refractivity (Wildman–Crippen MR) is 120 cm³/mol. The molecule has 2 aromatic carbocycles. The van der Waals surface area contributed by atoms with Gasteiger partial charge in [0.2, 0.25) is 0 Å². The quantitative estimate of drug-likeness (QED) is 0.330. The first kappa shape index (κ1) is 20.0. The van der Waals surface area contributed by atoms with E-state index >= 15 is 0 Å². The average molecular weight is 467 g/mol. The molecule has 0 spiro atoms. The summed E-state index contributed by atoms with van der Waals surface area (Å²) in [6.45, 7) is 3.95. The highest BCUT2D eigenvalue weighted by Gasteiger charge is 2.12. The van der Waals surface area contributed by atoms with Gasteiger partial charge in [0, 0.05) is 27.1 Å². The number of benzene rings is 2. The van der Waals surface area contributed by atoms with E-state index in [1.807, 2.05) is 41.1 Å². The Balaban J connectivity index is 1.78. The Morgan fingerprint density at radius 3 is 2.83 bits per heavy atom. The number of esters is 1. The highest BCUT2D eigenvalue weighted by molar-refractivity contribution is 9.10. The minimum absolute atomic E-state index is 0.104. The molecule has 0 unspecified atom stereocenters. The molecule has 0 aliphatic heterocycles. The number of hydrogen-bond acceptors (Lipinski definition) is 5. The number of carbonyl (C=O) groups excluding carboxylic acids is 1. The van der Waals surface area contributed by atoms with Crippen molar-refractivity contribution in [2.75, 3.05) is 6.61 Å². The number of nitrogens with zero attached hydrogens (tertiary/aromatic N) is 4. The van der Waals surface area contributed by atoms with Crippen molar-refractivity contribution in [2.45, 2.75) is 20.4 Å². The molecule has 0 aliphatic carbocycles. The molecule has 4 rings (SSSR count). The summed E-state index contributed by atoms with van der Waals surface area (Å²) >= 11 is 3.39. The third kappa shape index (κ3) is 3.78. The maximum atomic E-state index is 12.9. The van der Waals surface area contributed by atoms with E-state index in [1.54, 1.807) is 32.2 Å². The molecule has 4 aromatic rings. The van der Waals surface area contributed by atoms with Crippen LogP contribution >= 0.6 is 15.9 Å². The summed E-state index contributed by atoms with van der Waals surface area (Å²) in [7, 11) is 0. The van der Waals surface area contributed by atoms with Gasteiger partial charge in [-0.2, -0.15) is 9.78 Å². The number of hydrogen-bond donors (Lipinski definition) is 0. The van der Waals surface area contributed by atoms with E-state index in [0.29, 0.717) is 23.3 Å². The molecule has 2 heterocycles. The van der Waals surface area contributed by atoms with Crippen LogP contribution in [0.4, 0.5) is 0 Å². The topological polar surface area (TPSA) is 78.5 Å². The minimum Gasteiger partial charge on any atom is -0.465 e. The summed E-state index contributed by atoms with van der Waals surface area (Å²) in [5.74, 6) is 0.180. The Morgan fingerprint density at radius 2 is 2.03 bits per heavy atom. The number of para-hydroxylation sites is 1. The fourth-order valence-corrected chi connectivity index (χ4v) is 3.73. The molecule has 0 saturated carbocycles. The summed E-state index contributed by atoms with van der Waals surface area (Å²) in [5, 5.41) is 5.81. The summed E-state index contributed by atoms with van der Waals surface area (Å²) in [6, 6.07) is 13.1. The molecule has 0 amide bonds. The molecule has 8 heteroatoms. The predicted octanol–water partition coefficient (Wildman–Crippen LogP) is 3.87. The molecule has 0 bridgehead atoms. The molecule has 0 fully saturated rings. The van der Waals surface area contributed by atoms with Crippen molar-refractivity contribution in [3.05, 3.63) is 74.9 Å². The summed E-state index contributed by atoms with van der Waals surface area (Å²) in [5.41, 5.74) is 2.05. The molecular weight excluding hydrogens is 448 g/mol. The van der Waals surface area contributed by atoms with E-state index in [1.165, 1.54) is 4.68 Å². The van der Waals surface area contributed by atoms with E-state index in [-0.39, 0.29) is 18.1 Å². The molecular formula is C22H19BrN4O3. The smallest absolute Gasteiger partial charge is 0.325 e. The first-order chi connectivity index (χ1) is 14.5. The van der Waals surface area contributed by atoms with E-state index in [9.17, 15) is 9.59 Å². The van der Waals surface area contributed by atoms with Crippen molar-refractivity contribution in [1.29, 1.82) is 0 Å². The Hall–Kier alpha value is -3.26. The number of fused-ring (bicyclic) bond motifs is 2. The number of halogens is 1. The Kier molecular flexibility index (Phi) is 5.50. The van der Waals surface area contributed by atoms with Crippen LogP contribution in [-0.4, -0.2) is 33.0 Å². The average Bonchev–Trinajstić information content (AvgIpc) is 3.06. The lowest BCUT2D eigenvalue weighted by Gasteiger charge is -2.05. The van der Waals surface area contributed by atoms with Gasteiger partial charge in [0.1, 0.15) is 12.4 Å². The highest BCUT2D eigenvalue weighted by atomic mass is 79.9. The van der Waals surface area contributed by atoms with Crippen molar-refractivity contribution in [2.24, 2.45) is 5.10 Å². The lowest BCUT2D eigenvalue weighted by molar-refractivity contribution is -0.143. The number of aryl methyl sites for hydroxylation is 1. The number of aromatic nitrogens is 3. The van der Waals surface area contributed by atoms with Crippen molar-refractivity contribution in [1.82, 2.24) is 14.2 Å². The van der Waals surface area contributed by atoms with Gasteiger partial charge in [0.05, 0.1) is 23.7 Å². The maximum Gasteiger partial charge on any atom is 0.325 e. The van der Waals surface area contributed by atoms with Crippen LogP contribution in [0.15, 0.2) is 63.0 Å². The van der Waals surface area contributed by atoms with E-state index in [0.717, 1.165) is 20.9 Å². The number of ether oxygens (including phenoxy) is 1.